The number of carbonyl (C=O) groups is 3. The van der Waals surface area contributed by atoms with Gasteiger partial charge in [-0.25, -0.2) is 14.0 Å². The number of carboxylic acids is 3. The van der Waals surface area contributed by atoms with E-state index in [9.17, 15) is 42.1 Å². The summed E-state index contributed by atoms with van der Waals surface area (Å²) in [7, 11) is 2.87. The molecule has 0 bridgehead atoms. The second kappa shape index (κ2) is 14.1. The highest BCUT2D eigenvalue weighted by Crippen LogP contribution is 2.30. The number of nitro benzene ring substituents is 1. The number of ether oxygens (including phenoxy) is 2. The van der Waals surface area contributed by atoms with E-state index in [1.807, 2.05) is 0 Å². The van der Waals surface area contributed by atoms with Crippen LogP contribution in [0.25, 0.3) is 0 Å². The summed E-state index contributed by atoms with van der Waals surface area (Å²) in [5, 5.41) is 35.5. The standard InChI is InChI=1S/C9H10O4.C7H4FNO4.C5H7F3O2/c1-12-7-5-3-4-6(9(10)11)8(7)13-2;8-4-1-2-6(9(12)13)5(3-4)7(10)11;1-3(2-4(9)10)5(6,7)8/h3-5H,1-2H3,(H,10,11);1-3H,(H,10,11);3H,2H2,1H3,(H,9,10). The zero-order chi connectivity index (χ0) is 28.2. The van der Waals surface area contributed by atoms with E-state index in [4.69, 9.17) is 24.8 Å². The third-order valence-electron chi connectivity index (χ3n) is 4.06. The number of alkyl halides is 3. The summed E-state index contributed by atoms with van der Waals surface area (Å²) in [5.74, 6) is -5.89. The predicted octanol–water partition coefficient (Wildman–Crippen LogP) is 4.49. The van der Waals surface area contributed by atoms with Gasteiger partial charge in [0.2, 0.25) is 0 Å². The zero-order valence-corrected chi connectivity index (χ0v) is 18.9. The van der Waals surface area contributed by atoms with Crippen LogP contribution in [-0.4, -0.2) is 58.5 Å². The van der Waals surface area contributed by atoms with E-state index in [2.05, 4.69) is 0 Å². The molecule has 0 amide bonds. The van der Waals surface area contributed by atoms with E-state index in [0.717, 1.165) is 19.1 Å². The van der Waals surface area contributed by atoms with E-state index in [-0.39, 0.29) is 11.3 Å². The molecule has 11 nitrogen and oxygen atoms in total. The molecule has 36 heavy (non-hydrogen) atoms. The van der Waals surface area contributed by atoms with Gasteiger partial charge in [-0.2, -0.15) is 13.2 Å². The van der Waals surface area contributed by atoms with Crippen LogP contribution >= 0.6 is 0 Å². The Hall–Kier alpha value is -4.43. The number of aliphatic carboxylic acids is 1. The molecule has 0 radical (unpaired) electrons. The lowest BCUT2D eigenvalue weighted by molar-refractivity contribution is -0.385. The summed E-state index contributed by atoms with van der Waals surface area (Å²) in [6.45, 7) is 0.841. The quantitative estimate of drug-likeness (QED) is 0.266. The van der Waals surface area contributed by atoms with Gasteiger partial charge >= 0.3 is 24.1 Å². The number of halogens is 4. The first-order valence-corrected chi connectivity index (χ1v) is 9.46. The highest BCUT2D eigenvalue weighted by molar-refractivity contribution is 5.92. The van der Waals surface area contributed by atoms with Crippen LogP contribution in [0.3, 0.4) is 0 Å². The summed E-state index contributed by atoms with van der Waals surface area (Å²) >= 11 is 0. The van der Waals surface area contributed by atoms with Crippen LogP contribution in [0.15, 0.2) is 36.4 Å². The third-order valence-corrected chi connectivity index (χ3v) is 4.06. The first-order chi connectivity index (χ1) is 16.6. The maximum absolute atomic E-state index is 12.5. The van der Waals surface area contributed by atoms with Crippen molar-refractivity contribution in [1.82, 2.24) is 0 Å². The number of rotatable bonds is 7. The molecule has 0 aromatic heterocycles. The van der Waals surface area contributed by atoms with Crippen molar-refractivity contribution in [2.45, 2.75) is 19.5 Å². The van der Waals surface area contributed by atoms with E-state index in [1.54, 1.807) is 12.1 Å². The number of para-hydroxylation sites is 1. The third kappa shape index (κ3) is 10.2. The van der Waals surface area contributed by atoms with Crippen LogP contribution in [0.1, 0.15) is 34.1 Å². The molecule has 0 saturated carbocycles. The fourth-order valence-corrected chi connectivity index (χ4v) is 2.27. The highest BCUT2D eigenvalue weighted by Gasteiger charge is 2.37. The molecule has 1 atom stereocenters. The lowest BCUT2D eigenvalue weighted by Gasteiger charge is -2.11. The first kappa shape index (κ1) is 31.6. The Balaban J connectivity index is 0.000000517. The zero-order valence-electron chi connectivity index (χ0n) is 18.9. The molecule has 0 heterocycles. The minimum atomic E-state index is -4.39. The minimum Gasteiger partial charge on any atom is -0.493 e. The average molecular weight is 523 g/mol. The lowest BCUT2D eigenvalue weighted by atomic mass is 10.1. The van der Waals surface area contributed by atoms with Gasteiger partial charge in [-0.1, -0.05) is 13.0 Å². The molecule has 1 unspecified atom stereocenters. The fraction of sp³-hybridized carbons (Fsp3) is 0.286. The summed E-state index contributed by atoms with van der Waals surface area (Å²) in [6.07, 6.45) is -5.25. The molecule has 0 saturated heterocycles. The van der Waals surface area contributed by atoms with Gasteiger partial charge in [0.15, 0.2) is 11.5 Å². The van der Waals surface area contributed by atoms with Crippen molar-refractivity contribution in [2.75, 3.05) is 14.2 Å². The van der Waals surface area contributed by atoms with Crippen molar-refractivity contribution in [3.63, 3.8) is 0 Å². The lowest BCUT2D eigenvalue weighted by Crippen LogP contribution is -2.22. The molecule has 2 aromatic carbocycles. The molecule has 2 rings (SSSR count). The van der Waals surface area contributed by atoms with Crippen LogP contribution in [0.2, 0.25) is 0 Å². The van der Waals surface area contributed by atoms with Gasteiger partial charge in [-0.3, -0.25) is 14.9 Å². The van der Waals surface area contributed by atoms with Crippen LogP contribution in [-0.2, 0) is 4.79 Å². The van der Waals surface area contributed by atoms with Crippen molar-refractivity contribution in [1.29, 1.82) is 0 Å². The Morgan fingerprint density at radius 1 is 1.00 bits per heavy atom. The van der Waals surface area contributed by atoms with E-state index in [1.165, 1.54) is 20.3 Å². The summed E-state index contributed by atoms with van der Waals surface area (Å²) < 4.78 is 57.0. The normalized spacial score (nSPS) is 11.0. The molecule has 0 fully saturated rings. The molecule has 2 aromatic rings. The molecular formula is C21H21F4NO10. The van der Waals surface area contributed by atoms with Gasteiger partial charge in [-0.15, -0.1) is 0 Å². The monoisotopic (exact) mass is 523 g/mol. The largest absolute Gasteiger partial charge is 0.493 e. The van der Waals surface area contributed by atoms with Crippen molar-refractivity contribution >= 4 is 23.6 Å². The molecule has 0 spiro atoms. The maximum Gasteiger partial charge on any atom is 0.392 e. The Morgan fingerprint density at radius 2 is 1.56 bits per heavy atom. The molecule has 0 aliphatic heterocycles. The van der Waals surface area contributed by atoms with Gasteiger partial charge < -0.3 is 24.8 Å². The number of carboxylic acid groups (broad SMARTS) is 3. The second-order valence-corrected chi connectivity index (χ2v) is 6.61. The van der Waals surface area contributed by atoms with Gasteiger partial charge in [-0.05, 0) is 24.3 Å². The molecular weight excluding hydrogens is 502 g/mol. The molecule has 0 aliphatic rings. The smallest absolute Gasteiger partial charge is 0.392 e. The summed E-state index contributed by atoms with van der Waals surface area (Å²) in [4.78, 5) is 40.3. The number of hydrogen-bond acceptors (Lipinski definition) is 7. The van der Waals surface area contributed by atoms with Gasteiger partial charge in [0, 0.05) is 6.07 Å². The van der Waals surface area contributed by atoms with Crippen molar-refractivity contribution in [2.24, 2.45) is 5.92 Å². The second-order valence-electron chi connectivity index (χ2n) is 6.61. The molecule has 15 heteroatoms. The van der Waals surface area contributed by atoms with Gasteiger partial charge in [0.05, 0.1) is 31.5 Å². The fourth-order valence-electron chi connectivity index (χ4n) is 2.27. The minimum absolute atomic E-state index is 0.0989. The van der Waals surface area contributed by atoms with E-state index < -0.39 is 58.4 Å². The Bertz CT molecular complexity index is 1090. The number of nitro groups is 1. The molecule has 3 N–H and O–H groups in total. The van der Waals surface area contributed by atoms with Crippen LogP contribution in [0, 0.1) is 21.8 Å². The van der Waals surface area contributed by atoms with Crippen molar-refractivity contribution < 1.29 is 61.7 Å². The van der Waals surface area contributed by atoms with E-state index in [0.29, 0.717) is 11.8 Å². The van der Waals surface area contributed by atoms with E-state index >= 15 is 0 Å². The van der Waals surface area contributed by atoms with Crippen LogP contribution in [0.4, 0.5) is 23.2 Å². The Labute approximate surface area is 200 Å². The van der Waals surface area contributed by atoms with Crippen molar-refractivity contribution in [3.8, 4) is 11.5 Å². The highest BCUT2D eigenvalue weighted by atomic mass is 19.4. The van der Waals surface area contributed by atoms with Gasteiger partial charge in [0.1, 0.15) is 16.9 Å². The number of nitrogens with zero attached hydrogens (tertiary/aromatic N) is 1. The molecule has 0 aliphatic carbocycles. The maximum atomic E-state index is 12.5. The summed E-state index contributed by atoms with van der Waals surface area (Å²) in [6, 6.07) is 6.98. The van der Waals surface area contributed by atoms with Crippen molar-refractivity contribution in [3.05, 3.63) is 63.5 Å². The first-order valence-electron chi connectivity index (χ1n) is 9.46. The SMILES string of the molecule is CC(CC(=O)O)C(F)(F)F.COc1cccc(C(=O)O)c1OC.O=C(O)c1cc(F)ccc1[N+](=O)[O-]. The van der Waals surface area contributed by atoms with Crippen LogP contribution in [0.5, 0.6) is 11.5 Å². The summed E-state index contributed by atoms with van der Waals surface area (Å²) in [5.41, 5.74) is -1.17. The topological polar surface area (TPSA) is 173 Å². The Kier molecular flexibility index (Phi) is 12.3. The van der Waals surface area contributed by atoms with Crippen LogP contribution < -0.4 is 9.47 Å². The molecule has 198 valence electrons. The van der Waals surface area contributed by atoms with Gasteiger partial charge in [0.25, 0.3) is 5.69 Å². The Morgan fingerprint density at radius 3 is 1.92 bits per heavy atom. The number of benzene rings is 2. The predicted molar refractivity (Wildman–Crippen MR) is 114 cm³/mol. The number of methoxy groups -OCH3 is 2. The average Bonchev–Trinajstić information content (AvgIpc) is 2.77. The number of hydrogen-bond donors (Lipinski definition) is 3. The number of aromatic carboxylic acids is 2.